The third-order valence-electron chi connectivity index (χ3n) is 2.41. The Labute approximate surface area is 97.0 Å². The topological polar surface area (TPSA) is 89.0 Å². The summed E-state index contributed by atoms with van der Waals surface area (Å²) in [5.74, 6) is 0.0667. The average Bonchev–Trinajstić information content (AvgIpc) is 2.76. The zero-order valence-electron chi connectivity index (χ0n) is 8.42. The van der Waals surface area contributed by atoms with Gasteiger partial charge in [0, 0.05) is 6.42 Å². The van der Waals surface area contributed by atoms with Crippen molar-refractivity contribution < 1.29 is 13.2 Å². The molecule has 1 aliphatic heterocycles. The number of hydrogen-bond acceptors (Lipinski definition) is 6. The van der Waals surface area contributed by atoms with E-state index in [0.29, 0.717) is 11.6 Å². The molecule has 0 unspecified atom stereocenters. The lowest BCUT2D eigenvalue weighted by molar-refractivity contribution is -0.116. The van der Waals surface area contributed by atoms with Crippen LogP contribution < -0.4 is 5.32 Å². The van der Waals surface area contributed by atoms with Crippen LogP contribution in [0.5, 0.6) is 0 Å². The van der Waals surface area contributed by atoms with Gasteiger partial charge in [0.05, 0.1) is 11.5 Å². The highest BCUT2D eigenvalue weighted by molar-refractivity contribution is 7.91. The van der Waals surface area contributed by atoms with Gasteiger partial charge in [-0.1, -0.05) is 11.3 Å². The molecule has 0 bridgehead atoms. The molecular weight excluding hydrogens is 250 g/mol. The van der Waals surface area contributed by atoms with Crippen LogP contribution in [-0.4, -0.2) is 36.0 Å². The van der Waals surface area contributed by atoms with Gasteiger partial charge in [-0.05, 0) is 12.3 Å². The third kappa shape index (κ3) is 2.99. The van der Waals surface area contributed by atoms with Crippen LogP contribution in [0.4, 0.5) is 5.13 Å². The molecule has 1 N–H and O–H groups in total. The number of hydrogen-bond donors (Lipinski definition) is 1. The second-order valence-corrected chi connectivity index (χ2v) is 6.83. The van der Waals surface area contributed by atoms with Crippen molar-refractivity contribution in [2.75, 3.05) is 16.8 Å². The largest absolute Gasteiger partial charge is 0.301 e. The first-order valence-electron chi connectivity index (χ1n) is 4.81. The van der Waals surface area contributed by atoms with E-state index in [0.717, 1.165) is 0 Å². The minimum absolute atomic E-state index is 0.0575. The summed E-state index contributed by atoms with van der Waals surface area (Å²) in [7, 11) is -2.91. The summed E-state index contributed by atoms with van der Waals surface area (Å²) in [5.41, 5.74) is 1.52. The summed E-state index contributed by atoms with van der Waals surface area (Å²) >= 11 is 1.24. The Morgan fingerprint density at radius 2 is 2.44 bits per heavy atom. The van der Waals surface area contributed by atoms with Crippen molar-refractivity contribution in [3.05, 3.63) is 5.51 Å². The van der Waals surface area contributed by atoms with Gasteiger partial charge in [0.2, 0.25) is 11.0 Å². The zero-order valence-corrected chi connectivity index (χ0v) is 10.1. The first-order chi connectivity index (χ1) is 7.55. The van der Waals surface area contributed by atoms with E-state index < -0.39 is 9.84 Å². The molecule has 1 fully saturated rings. The van der Waals surface area contributed by atoms with Gasteiger partial charge < -0.3 is 5.32 Å². The normalized spacial score (nSPS) is 23.1. The van der Waals surface area contributed by atoms with Crippen LogP contribution in [0.1, 0.15) is 12.8 Å². The van der Waals surface area contributed by atoms with Crippen LogP contribution in [-0.2, 0) is 14.6 Å². The van der Waals surface area contributed by atoms with Crippen molar-refractivity contribution in [1.29, 1.82) is 0 Å². The number of sulfone groups is 1. The predicted molar refractivity (Wildman–Crippen MR) is 59.9 cm³/mol. The molecule has 0 aliphatic carbocycles. The van der Waals surface area contributed by atoms with E-state index in [1.165, 1.54) is 16.8 Å². The third-order valence-corrected chi connectivity index (χ3v) is 4.85. The highest BCUT2D eigenvalue weighted by Gasteiger charge is 2.29. The smallest absolute Gasteiger partial charge is 0.226 e. The Bertz CT molecular complexity index is 469. The summed E-state index contributed by atoms with van der Waals surface area (Å²) in [5, 5.41) is 10.3. The summed E-state index contributed by atoms with van der Waals surface area (Å²) < 4.78 is 22.4. The first-order valence-corrected chi connectivity index (χ1v) is 7.52. The first kappa shape index (κ1) is 11.5. The summed E-state index contributed by atoms with van der Waals surface area (Å²) in [6.07, 6.45) is 0.810. The quantitative estimate of drug-likeness (QED) is 0.845. The fourth-order valence-electron chi connectivity index (χ4n) is 1.69. The van der Waals surface area contributed by atoms with Crippen molar-refractivity contribution in [1.82, 2.24) is 10.2 Å². The molecule has 0 aromatic carbocycles. The molecule has 1 atom stereocenters. The van der Waals surface area contributed by atoms with Gasteiger partial charge in [-0.2, -0.15) is 0 Å². The number of amides is 1. The Balaban J connectivity index is 1.85. The van der Waals surface area contributed by atoms with Crippen LogP contribution in [0.15, 0.2) is 5.51 Å². The van der Waals surface area contributed by atoms with Gasteiger partial charge in [-0.25, -0.2) is 8.42 Å². The van der Waals surface area contributed by atoms with Crippen molar-refractivity contribution in [3.8, 4) is 0 Å². The minimum Gasteiger partial charge on any atom is -0.301 e. The number of anilines is 1. The number of nitrogens with zero attached hydrogens (tertiary/aromatic N) is 2. The molecule has 8 heteroatoms. The maximum Gasteiger partial charge on any atom is 0.226 e. The molecule has 0 radical (unpaired) electrons. The lowest BCUT2D eigenvalue weighted by atomic mass is 10.1. The van der Waals surface area contributed by atoms with Crippen molar-refractivity contribution >= 4 is 32.2 Å². The van der Waals surface area contributed by atoms with Crippen LogP contribution in [0.25, 0.3) is 0 Å². The molecular formula is C8H11N3O3S2. The maximum atomic E-state index is 11.5. The molecule has 88 valence electrons. The Hall–Kier alpha value is -1.02. The van der Waals surface area contributed by atoms with E-state index in [1.807, 2.05) is 0 Å². The van der Waals surface area contributed by atoms with Gasteiger partial charge in [-0.15, -0.1) is 10.2 Å². The maximum absolute atomic E-state index is 11.5. The highest BCUT2D eigenvalue weighted by Crippen LogP contribution is 2.22. The number of rotatable bonds is 3. The monoisotopic (exact) mass is 261 g/mol. The average molecular weight is 261 g/mol. The zero-order chi connectivity index (χ0) is 11.6. The fourth-order valence-corrected chi connectivity index (χ4v) is 4.02. The minimum atomic E-state index is -2.91. The van der Waals surface area contributed by atoms with Gasteiger partial charge in [0.15, 0.2) is 9.84 Å². The second kappa shape index (κ2) is 4.46. The van der Waals surface area contributed by atoms with Gasteiger partial charge in [-0.3, -0.25) is 4.79 Å². The Kier molecular flexibility index (Phi) is 3.20. The van der Waals surface area contributed by atoms with Crippen LogP contribution in [0.2, 0.25) is 0 Å². The van der Waals surface area contributed by atoms with Gasteiger partial charge >= 0.3 is 0 Å². The molecule has 1 aromatic heterocycles. The number of nitrogens with one attached hydrogen (secondary N) is 1. The molecule has 0 saturated carbocycles. The number of aromatic nitrogens is 2. The lowest BCUT2D eigenvalue weighted by Crippen LogP contribution is -2.17. The van der Waals surface area contributed by atoms with E-state index in [-0.39, 0.29) is 29.8 Å². The van der Waals surface area contributed by atoms with Crippen molar-refractivity contribution in [3.63, 3.8) is 0 Å². The predicted octanol–water partition coefficient (Wildman–Crippen LogP) is 0.301. The number of carbonyl (C=O) groups is 1. The van der Waals surface area contributed by atoms with Crippen LogP contribution >= 0.6 is 11.3 Å². The molecule has 16 heavy (non-hydrogen) atoms. The second-order valence-electron chi connectivity index (χ2n) is 3.77. The van der Waals surface area contributed by atoms with Crippen molar-refractivity contribution in [2.24, 2.45) is 5.92 Å². The van der Waals surface area contributed by atoms with Crippen LogP contribution in [0, 0.1) is 5.92 Å². The molecule has 1 aromatic rings. The highest BCUT2D eigenvalue weighted by atomic mass is 32.2. The fraction of sp³-hybridized carbons (Fsp3) is 0.625. The molecule has 1 saturated heterocycles. The Morgan fingerprint density at radius 3 is 3.00 bits per heavy atom. The van der Waals surface area contributed by atoms with E-state index in [9.17, 15) is 13.2 Å². The summed E-state index contributed by atoms with van der Waals surface area (Å²) in [4.78, 5) is 11.5. The molecule has 2 rings (SSSR count). The molecule has 1 amide bonds. The van der Waals surface area contributed by atoms with Crippen molar-refractivity contribution in [2.45, 2.75) is 12.8 Å². The lowest BCUT2D eigenvalue weighted by Gasteiger charge is -2.05. The van der Waals surface area contributed by atoms with Gasteiger partial charge in [0.1, 0.15) is 5.51 Å². The molecule has 1 aliphatic rings. The summed E-state index contributed by atoms with van der Waals surface area (Å²) in [6, 6.07) is 0. The molecule has 6 nitrogen and oxygen atoms in total. The van der Waals surface area contributed by atoms with E-state index in [4.69, 9.17) is 0 Å². The molecule has 2 heterocycles. The van der Waals surface area contributed by atoms with Crippen LogP contribution in [0.3, 0.4) is 0 Å². The van der Waals surface area contributed by atoms with E-state index in [1.54, 1.807) is 0 Å². The number of carbonyl (C=O) groups excluding carboxylic acids is 1. The SMILES string of the molecule is O=C(C[C@@H]1CCS(=O)(=O)C1)Nc1nncs1. The standard InChI is InChI=1S/C8H11N3O3S2/c12-7(10-8-11-9-5-15-8)3-6-1-2-16(13,14)4-6/h5-6H,1-4H2,(H,10,11,12)/t6-/m0/s1. The van der Waals surface area contributed by atoms with E-state index in [2.05, 4.69) is 15.5 Å². The van der Waals surface area contributed by atoms with Gasteiger partial charge in [0.25, 0.3) is 0 Å². The Morgan fingerprint density at radius 1 is 1.62 bits per heavy atom. The molecule has 0 spiro atoms. The summed E-state index contributed by atoms with van der Waals surface area (Å²) in [6.45, 7) is 0. The van der Waals surface area contributed by atoms with E-state index >= 15 is 0 Å².